The van der Waals surface area contributed by atoms with Gasteiger partial charge in [-0.3, -0.25) is 0 Å². The first-order chi connectivity index (χ1) is 5.70. The molecule has 0 radical (unpaired) electrons. The third-order valence-electron chi connectivity index (χ3n) is 1.39. The number of halogens is 2. The van der Waals surface area contributed by atoms with Gasteiger partial charge in [0.25, 0.3) is 0 Å². The van der Waals surface area contributed by atoms with E-state index in [2.05, 4.69) is 0 Å². The number of nitrogens with zero attached hydrogens (tertiary/aromatic N) is 1. The SMILES string of the molecule is COc1ccc(C#N)c(I)c1Cl. The first-order valence-electron chi connectivity index (χ1n) is 3.12. The Kier molecular flexibility index (Phi) is 3.18. The Morgan fingerprint density at radius 2 is 2.25 bits per heavy atom. The zero-order valence-electron chi connectivity index (χ0n) is 6.27. The summed E-state index contributed by atoms with van der Waals surface area (Å²) in [4.78, 5) is 0. The molecular formula is C8H5ClINO. The summed E-state index contributed by atoms with van der Waals surface area (Å²) in [5, 5.41) is 9.15. The molecule has 0 aliphatic rings. The average molecular weight is 293 g/mol. The van der Waals surface area contributed by atoms with Crippen molar-refractivity contribution in [2.75, 3.05) is 7.11 Å². The summed E-state index contributed by atoms with van der Waals surface area (Å²) in [6.07, 6.45) is 0. The van der Waals surface area contributed by atoms with Crippen LogP contribution in [0.1, 0.15) is 5.56 Å². The average Bonchev–Trinajstić information content (AvgIpc) is 2.10. The van der Waals surface area contributed by atoms with Crippen molar-refractivity contribution in [2.24, 2.45) is 0 Å². The lowest BCUT2D eigenvalue weighted by Crippen LogP contribution is -1.89. The number of hydrogen-bond acceptors (Lipinski definition) is 2. The molecule has 0 bridgehead atoms. The van der Waals surface area contributed by atoms with Crippen molar-refractivity contribution in [1.29, 1.82) is 5.26 Å². The highest BCUT2D eigenvalue weighted by Crippen LogP contribution is 2.31. The quantitative estimate of drug-likeness (QED) is 0.746. The molecule has 0 atom stereocenters. The van der Waals surface area contributed by atoms with Crippen molar-refractivity contribution in [3.05, 3.63) is 26.3 Å². The van der Waals surface area contributed by atoms with Crippen LogP contribution in [0.4, 0.5) is 0 Å². The maximum absolute atomic E-state index is 8.65. The van der Waals surface area contributed by atoms with Gasteiger partial charge in [0.2, 0.25) is 0 Å². The molecule has 12 heavy (non-hydrogen) atoms. The molecule has 0 aliphatic carbocycles. The van der Waals surface area contributed by atoms with E-state index in [1.165, 1.54) is 0 Å². The number of rotatable bonds is 1. The second-order valence-electron chi connectivity index (χ2n) is 2.06. The summed E-state index contributed by atoms with van der Waals surface area (Å²) in [6.45, 7) is 0. The summed E-state index contributed by atoms with van der Waals surface area (Å²) in [5.74, 6) is 0.597. The fraction of sp³-hybridized carbons (Fsp3) is 0.125. The molecule has 0 fully saturated rings. The van der Waals surface area contributed by atoms with Gasteiger partial charge in [-0.05, 0) is 34.7 Å². The highest BCUT2D eigenvalue weighted by Gasteiger charge is 2.08. The van der Waals surface area contributed by atoms with Crippen LogP contribution in [0.15, 0.2) is 12.1 Å². The van der Waals surface area contributed by atoms with Gasteiger partial charge in [0.05, 0.1) is 21.3 Å². The number of benzene rings is 1. The monoisotopic (exact) mass is 293 g/mol. The van der Waals surface area contributed by atoms with Crippen LogP contribution in [0, 0.1) is 14.9 Å². The van der Waals surface area contributed by atoms with Gasteiger partial charge in [0.1, 0.15) is 11.8 Å². The van der Waals surface area contributed by atoms with E-state index in [0.29, 0.717) is 16.3 Å². The van der Waals surface area contributed by atoms with Crippen molar-refractivity contribution < 1.29 is 4.74 Å². The molecule has 0 unspecified atom stereocenters. The van der Waals surface area contributed by atoms with Crippen LogP contribution < -0.4 is 4.74 Å². The second-order valence-corrected chi connectivity index (χ2v) is 3.51. The predicted octanol–water partition coefficient (Wildman–Crippen LogP) is 2.82. The van der Waals surface area contributed by atoms with Crippen LogP contribution in [0.25, 0.3) is 0 Å². The van der Waals surface area contributed by atoms with E-state index in [1.807, 2.05) is 28.7 Å². The topological polar surface area (TPSA) is 33.0 Å². The first-order valence-corrected chi connectivity index (χ1v) is 4.58. The molecule has 0 spiro atoms. The maximum atomic E-state index is 8.65. The second kappa shape index (κ2) is 3.97. The third-order valence-corrected chi connectivity index (χ3v) is 3.20. The summed E-state index contributed by atoms with van der Waals surface area (Å²) < 4.78 is 5.71. The maximum Gasteiger partial charge on any atom is 0.138 e. The van der Waals surface area contributed by atoms with Gasteiger partial charge in [0, 0.05) is 0 Å². The van der Waals surface area contributed by atoms with Crippen LogP contribution in [0.2, 0.25) is 5.02 Å². The highest BCUT2D eigenvalue weighted by molar-refractivity contribution is 14.1. The van der Waals surface area contributed by atoms with Crippen LogP contribution >= 0.6 is 34.2 Å². The first kappa shape index (κ1) is 9.62. The van der Waals surface area contributed by atoms with Crippen LogP contribution in [-0.4, -0.2) is 7.11 Å². The molecule has 4 heteroatoms. The zero-order valence-corrected chi connectivity index (χ0v) is 9.18. The molecule has 62 valence electrons. The van der Waals surface area contributed by atoms with Gasteiger partial charge in [-0.2, -0.15) is 5.26 Å². The third kappa shape index (κ3) is 1.65. The van der Waals surface area contributed by atoms with Crippen molar-refractivity contribution in [1.82, 2.24) is 0 Å². The van der Waals surface area contributed by atoms with Crippen molar-refractivity contribution >= 4 is 34.2 Å². The lowest BCUT2D eigenvalue weighted by molar-refractivity contribution is 0.414. The van der Waals surface area contributed by atoms with E-state index >= 15 is 0 Å². The highest BCUT2D eigenvalue weighted by atomic mass is 127. The normalized spacial score (nSPS) is 9.17. The van der Waals surface area contributed by atoms with Gasteiger partial charge >= 0.3 is 0 Å². The van der Waals surface area contributed by atoms with E-state index < -0.39 is 0 Å². The molecule has 2 nitrogen and oxygen atoms in total. The van der Waals surface area contributed by atoms with E-state index in [-0.39, 0.29) is 0 Å². The molecule has 0 aromatic heterocycles. The van der Waals surface area contributed by atoms with Crippen molar-refractivity contribution in [3.63, 3.8) is 0 Å². The fourth-order valence-corrected chi connectivity index (χ4v) is 1.58. The molecule has 1 aromatic carbocycles. The largest absolute Gasteiger partial charge is 0.495 e. The molecule has 1 aromatic rings. The minimum absolute atomic E-state index is 0.497. The van der Waals surface area contributed by atoms with E-state index in [4.69, 9.17) is 21.6 Å². The molecule has 0 saturated heterocycles. The molecule has 0 amide bonds. The fourth-order valence-electron chi connectivity index (χ4n) is 0.776. The van der Waals surface area contributed by atoms with E-state index in [9.17, 15) is 0 Å². The molecular weight excluding hydrogens is 288 g/mol. The number of methoxy groups -OCH3 is 1. The minimum atomic E-state index is 0.497. The summed E-state index contributed by atoms with van der Waals surface area (Å²) in [7, 11) is 1.54. The number of ether oxygens (including phenoxy) is 1. The lowest BCUT2D eigenvalue weighted by Gasteiger charge is -2.04. The smallest absolute Gasteiger partial charge is 0.138 e. The van der Waals surface area contributed by atoms with E-state index in [1.54, 1.807) is 19.2 Å². The Balaban J connectivity index is 3.32. The summed E-state index contributed by atoms with van der Waals surface area (Å²) >= 11 is 7.91. The van der Waals surface area contributed by atoms with Crippen LogP contribution in [0.5, 0.6) is 5.75 Å². The van der Waals surface area contributed by atoms with Gasteiger partial charge in [-0.15, -0.1) is 0 Å². The zero-order chi connectivity index (χ0) is 9.14. The summed E-state index contributed by atoms with van der Waals surface area (Å²) in [5.41, 5.74) is 0.571. The molecule has 0 heterocycles. The molecule has 0 aliphatic heterocycles. The Morgan fingerprint density at radius 1 is 1.58 bits per heavy atom. The minimum Gasteiger partial charge on any atom is -0.495 e. The predicted molar refractivity (Wildman–Crippen MR) is 55.4 cm³/mol. The summed E-state index contributed by atoms with van der Waals surface area (Å²) in [6, 6.07) is 5.41. The standard InChI is InChI=1S/C8H5ClINO/c1-12-6-3-2-5(4-11)8(10)7(6)9/h2-3H,1H3. The van der Waals surface area contributed by atoms with Gasteiger partial charge in [0.15, 0.2) is 0 Å². The van der Waals surface area contributed by atoms with Gasteiger partial charge in [-0.1, -0.05) is 11.6 Å². The van der Waals surface area contributed by atoms with Crippen molar-refractivity contribution in [3.8, 4) is 11.8 Å². The van der Waals surface area contributed by atoms with Crippen LogP contribution in [0.3, 0.4) is 0 Å². The molecule has 0 saturated carbocycles. The van der Waals surface area contributed by atoms with Crippen LogP contribution in [-0.2, 0) is 0 Å². The number of nitriles is 1. The molecule has 1 rings (SSSR count). The lowest BCUT2D eigenvalue weighted by atomic mass is 10.2. The Labute approximate surface area is 89.2 Å². The Hall–Kier alpha value is -0.470. The van der Waals surface area contributed by atoms with Gasteiger partial charge < -0.3 is 4.74 Å². The molecule has 0 N–H and O–H groups in total. The van der Waals surface area contributed by atoms with Gasteiger partial charge in [-0.25, -0.2) is 0 Å². The Bertz CT molecular complexity index is 346. The van der Waals surface area contributed by atoms with Crippen molar-refractivity contribution in [2.45, 2.75) is 0 Å². The Morgan fingerprint density at radius 3 is 2.75 bits per heavy atom. The van der Waals surface area contributed by atoms with E-state index in [0.717, 1.165) is 3.57 Å². The number of hydrogen-bond donors (Lipinski definition) is 0.